The van der Waals surface area contributed by atoms with Crippen LogP contribution >= 0.6 is 0 Å². The maximum Gasteiger partial charge on any atom is 0.460 e. The minimum atomic E-state index is -8.71. The van der Waals surface area contributed by atoms with Gasteiger partial charge in [0.2, 0.25) is 5.91 Å². The van der Waals surface area contributed by atoms with Gasteiger partial charge in [-0.1, -0.05) is 0 Å². The highest BCUT2D eigenvalue weighted by molar-refractivity contribution is 5.77. The summed E-state index contributed by atoms with van der Waals surface area (Å²) in [6, 6.07) is 3.11. The minimum absolute atomic E-state index is 0.0444. The Kier molecular flexibility index (Phi) is 11.6. The Morgan fingerprint density at radius 1 is 0.652 bits per heavy atom. The zero-order chi connectivity index (χ0) is 36.4. The third-order valence-electron chi connectivity index (χ3n) is 6.06. The fourth-order valence-electron chi connectivity index (χ4n) is 3.22. The number of halogens is 17. The van der Waals surface area contributed by atoms with Crippen LogP contribution in [-0.2, 0) is 16.1 Å². The van der Waals surface area contributed by atoms with Crippen LogP contribution < -0.4 is 10.6 Å². The van der Waals surface area contributed by atoms with Gasteiger partial charge in [-0.3, -0.25) is 9.78 Å². The van der Waals surface area contributed by atoms with Crippen LogP contribution in [-0.4, -0.2) is 76.8 Å². The summed E-state index contributed by atoms with van der Waals surface area (Å²) in [5, 5.41) is 4.33. The summed E-state index contributed by atoms with van der Waals surface area (Å²) in [7, 11) is 0. The molecule has 23 heteroatoms. The van der Waals surface area contributed by atoms with Crippen LogP contribution in [0.5, 0.6) is 0 Å². The van der Waals surface area contributed by atoms with E-state index in [0.717, 1.165) is 0 Å². The summed E-state index contributed by atoms with van der Waals surface area (Å²) >= 11 is 0. The summed E-state index contributed by atoms with van der Waals surface area (Å²) in [4.78, 5) is 27.4. The van der Waals surface area contributed by atoms with Gasteiger partial charge in [-0.2, -0.15) is 74.6 Å². The summed E-state index contributed by atoms with van der Waals surface area (Å²) in [5.41, 5.74) is -1.76. The molecule has 0 aromatic carbocycles. The largest absolute Gasteiger partial charge is 0.460 e. The second kappa shape index (κ2) is 13.1. The van der Waals surface area contributed by atoms with Crippen molar-refractivity contribution in [1.29, 1.82) is 0 Å². The summed E-state index contributed by atoms with van der Waals surface area (Å²) in [6.07, 6.45) is -11.4. The number of alkyl carbamates (subject to hydrolysis) is 1. The van der Waals surface area contributed by atoms with E-state index >= 15 is 0 Å². The molecule has 266 valence electrons. The lowest BCUT2D eigenvalue weighted by atomic mass is 9.87. The molecule has 0 atom stereocenters. The van der Waals surface area contributed by atoms with Crippen molar-refractivity contribution in [2.45, 2.75) is 92.9 Å². The predicted molar refractivity (Wildman–Crippen MR) is 119 cm³/mol. The van der Waals surface area contributed by atoms with Crippen molar-refractivity contribution in [2.24, 2.45) is 0 Å². The van der Waals surface area contributed by atoms with Gasteiger partial charge in [0.15, 0.2) is 0 Å². The number of rotatable bonds is 15. The maximum atomic E-state index is 14.2. The van der Waals surface area contributed by atoms with Crippen LogP contribution in [0.15, 0.2) is 24.5 Å². The van der Waals surface area contributed by atoms with Crippen molar-refractivity contribution in [1.82, 2.24) is 15.6 Å². The van der Waals surface area contributed by atoms with Gasteiger partial charge in [0.1, 0.15) is 5.60 Å². The number of ether oxygens (including phenoxy) is 1. The number of carbonyl (C=O) groups excluding carboxylic acids is 2. The Morgan fingerprint density at radius 3 is 1.54 bits per heavy atom. The van der Waals surface area contributed by atoms with Gasteiger partial charge in [0.25, 0.3) is 0 Å². The molecule has 1 rings (SSSR count). The minimum Gasteiger partial charge on any atom is -0.444 e. The standard InChI is InChI=1S/C23H22F17N3O3/c1-15(2,46-14(45)42-10-5-13(44)43-11-12-3-8-41-9-4-12)6-7-16(24,25)17(26,27)18(28,29)19(30,31)20(32,33)21(34,35)22(36,37)23(38,39)40/h3-4,8-9H,5-7,10-11H2,1-2H3,(H,42,45)(H,43,44). The second-order valence-electron chi connectivity index (χ2n) is 10.1. The Labute approximate surface area is 247 Å². The lowest BCUT2D eigenvalue weighted by molar-refractivity contribution is -0.462. The van der Waals surface area contributed by atoms with E-state index in [1.54, 1.807) is 12.1 Å². The molecule has 1 heterocycles. The average molecular weight is 711 g/mol. The molecule has 46 heavy (non-hydrogen) atoms. The van der Waals surface area contributed by atoms with E-state index in [1.807, 2.05) is 5.32 Å². The summed E-state index contributed by atoms with van der Waals surface area (Å²) in [6.45, 7) is 0.868. The van der Waals surface area contributed by atoms with Crippen LogP contribution in [0.25, 0.3) is 0 Å². The Balaban J connectivity index is 2.96. The molecule has 0 fully saturated rings. The summed E-state index contributed by atoms with van der Waals surface area (Å²) < 4.78 is 232. The smallest absolute Gasteiger partial charge is 0.444 e. The highest BCUT2D eigenvalue weighted by Gasteiger charge is 2.95. The van der Waals surface area contributed by atoms with Gasteiger partial charge in [-0.15, -0.1) is 0 Å². The molecule has 0 bridgehead atoms. The normalized spacial score (nSPS) is 14.6. The van der Waals surface area contributed by atoms with Crippen LogP contribution in [0.1, 0.15) is 38.7 Å². The SMILES string of the molecule is CC(C)(CCC(F)(F)C(F)(F)C(F)(F)C(F)(F)C(F)(F)C(F)(F)C(F)(F)C(F)(F)F)OC(=O)NCCC(=O)NCc1ccncc1. The van der Waals surface area contributed by atoms with Gasteiger partial charge >= 0.3 is 53.7 Å². The maximum absolute atomic E-state index is 14.2. The first-order chi connectivity index (χ1) is 20.3. The monoisotopic (exact) mass is 711 g/mol. The first-order valence-electron chi connectivity index (χ1n) is 12.2. The first-order valence-corrected chi connectivity index (χ1v) is 12.2. The molecule has 0 aliphatic carbocycles. The molecule has 0 aliphatic rings. The van der Waals surface area contributed by atoms with Crippen molar-refractivity contribution in [3.8, 4) is 0 Å². The van der Waals surface area contributed by atoms with Crippen molar-refractivity contribution in [2.75, 3.05) is 6.54 Å². The molecular weight excluding hydrogens is 689 g/mol. The van der Waals surface area contributed by atoms with Crippen LogP contribution in [0.2, 0.25) is 0 Å². The molecule has 0 radical (unpaired) electrons. The molecule has 0 saturated carbocycles. The molecule has 0 spiro atoms. The number of hydrogen-bond acceptors (Lipinski definition) is 4. The molecular formula is C23H22F17N3O3. The number of carbonyl (C=O) groups is 2. The number of pyridine rings is 1. The van der Waals surface area contributed by atoms with Gasteiger partial charge < -0.3 is 15.4 Å². The number of alkyl halides is 17. The quantitative estimate of drug-likeness (QED) is 0.186. The second-order valence-corrected chi connectivity index (χ2v) is 10.1. The third kappa shape index (κ3) is 7.80. The zero-order valence-corrected chi connectivity index (χ0v) is 22.9. The highest BCUT2D eigenvalue weighted by Crippen LogP contribution is 2.64. The van der Waals surface area contributed by atoms with E-state index in [1.165, 1.54) is 12.4 Å². The molecule has 1 aromatic rings. The number of amides is 2. The van der Waals surface area contributed by atoms with Gasteiger partial charge in [0.05, 0.1) is 0 Å². The molecule has 2 N–H and O–H groups in total. The van der Waals surface area contributed by atoms with Crippen LogP contribution in [0.3, 0.4) is 0 Å². The summed E-state index contributed by atoms with van der Waals surface area (Å²) in [5.74, 6) is -57.7. The zero-order valence-electron chi connectivity index (χ0n) is 22.9. The molecule has 1 aromatic heterocycles. The van der Waals surface area contributed by atoms with E-state index < -0.39 is 91.0 Å². The van der Waals surface area contributed by atoms with E-state index in [4.69, 9.17) is 0 Å². The van der Waals surface area contributed by atoms with Gasteiger partial charge in [-0.05, 0) is 38.0 Å². The number of aromatic nitrogens is 1. The van der Waals surface area contributed by atoms with Crippen molar-refractivity contribution in [3.05, 3.63) is 30.1 Å². The topological polar surface area (TPSA) is 80.3 Å². The van der Waals surface area contributed by atoms with E-state index in [2.05, 4.69) is 15.0 Å². The van der Waals surface area contributed by atoms with Crippen molar-refractivity contribution < 1.29 is 89.0 Å². The van der Waals surface area contributed by atoms with Crippen molar-refractivity contribution in [3.63, 3.8) is 0 Å². The van der Waals surface area contributed by atoms with Crippen LogP contribution in [0.4, 0.5) is 79.4 Å². The van der Waals surface area contributed by atoms with E-state index in [9.17, 15) is 84.2 Å². The van der Waals surface area contributed by atoms with E-state index in [0.29, 0.717) is 19.4 Å². The van der Waals surface area contributed by atoms with Crippen LogP contribution in [0, 0.1) is 0 Å². The molecule has 6 nitrogen and oxygen atoms in total. The Bertz CT molecular complexity index is 1210. The Morgan fingerprint density at radius 2 is 1.09 bits per heavy atom. The van der Waals surface area contributed by atoms with Gasteiger partial charge in [-0.25, -0.2) is 4.79 Å². The number of nitrogens with one attached hydrogen (secondary N) is 2. The molecule has 0 saturated heterocycles. The van der Waals surface area contributed by atoms with Crippen molar-refractivity contribution >= 4 is 12.0 Å². The lowest BCUT2D eigenvalue weighted by Gasteiger charge is -2.43. The molecule has 0 unspecified atom stereocenters. The third-order valence-corrected chi connectivity index (χ3v) is 6.06. The van der Waals surface area contributed by atoms with Gasteiger partial charge in [0, 0.05) is 38.3 Å². The predicted octanol–water partition coefficient (Wildman–Crippen LogP) is 7.38. The fraction of sp³-hybridized carbons (Fsp3) is 0.696. The number of nitrogens with zero attached hydrogens (tertiary/aromatic N) is 1. The molecule has 0 aliphatic heterocycles. The fourth-order valence-corrected chi connectivity index (χ4v) is 3.22. The highest BCUT2D eigenvalue weighted by atomic mass is 19.4. The first kappa shape index (κ1) is 40.7. The number of hydrogen-bond donors (Lipinski definition) is 2. The van der Waals surface area contributed by atoms with E-state index in [-0.39, 0.29) is 6.54 Å². The average Bonchev–Trinajstić information content (AvgIpc) is 2.90. The lowest BCUT2D eigenvalue weighted by Crippen LogP contribution is -2.74. The Hall–Kier alpha value is -3.30. The molecule has 2 amide bonds.